The molecule has 0 radical (unpaired) electrons. The minimum absolute atomic E-state index is 0.0497. The van der Waals surface area contributed by atoms with Crippen LogP contribution in [0.4, 0.5) is 8.78 Å². The third kappa shape index (κ3) is 3.60. The van der Waals surface area contributed by atoms with Crippen molar-refractivity contribution in [2.24, 2.45) is 5.73 Å². The summed E-state index contributed by atoms with van der Waals surface area (Å²) >= 11 is 0. The fourth-order valence-corrected chi connectivity index (χ4v) is 1.81. The van der Waals surface area contributed by atoms with Gasteiger partial charge >= 0.3 is 0 Å². The number of nitrogens with two attached hydrogens (primary N) is 1. The summed E-state index contributed by atoms with van der Waals surface area (Å²) in [6.45, 7) is 0.959. The monoisotopic (exact) mass is 278 g/mol. The summed E-state index contributed by atoms with van der Waals surface area (Å²) in [6, 6.07) is 10.8. The van der Waals surface area contributed by atoms with Crippen LogP contribution in [0.5, 0.6) is 0 Å². The van der Waals surface area contributed by atoms with E-state index in [0.29, 0.717) is 29.8 Å². The number of nitrogens with one attached hydrogen (secondary N) is 1. The highest BCUT2D eigenvalue weighted by molar-refractivity contribution is 5.64. The number of hydrogen-bond acceptors (Lipinski definition) is 3. The van der Waals surface area contributed by atoms with Crippen molar-refractivity contribution in [3.05, 3.63) is 59.7 Å². The molecule has 3 nitrogen and oxygen atoms in total. The Morgan fingerprint density at radius 3 is 2.60 bits per heavy atom. The van der Waals surface area contributed by atoms with Gasteiger partial charge in [-0.05, 0) is 23.8 Å². The van der Waals surface area contributed by atoms with Gasteiger partial charge in [-0.2, -0.15) is 0 Å². The van der Waals surface area contributed by atoms with Gasteiger partial charge in [0.25, 0.3) is 0 Å². The quantitative estimate of drug-likeness (QED) is 0.631. The zero-order valence-electron chi connectivity index (χ0n) is 10.9. The Hall–Kier alpha value is -1.82. The molecule has 0 fully saturated rings. The van der Waals surface area contributed by atoms with E-state index in [1.54, 1.807) is 30.3 Å². The largest absolute Gasteiger partial charge is 0.329 e. The molecule has 0 atom stereocenters. The van der Waals surface area contributed by atoms with Crippen molar-refractivity contribution in [3.63, 3.8) is 0 Å². The van der Waals surface area contributed by atoms with Crippen molar-refractivity contribution in [2.75, 3.05) is 13.1 Å². The Bertz CT molecular complexity index is 576. The van der Waals surface area contributed by atoms with Crippen LogP contribution in [0.15, 0.2) is 42.5 Å². The third-order valence-corrected chi connectivity index (χ3v) is 2.81. The van der Waals surface area contributed by atoms with Crippen molar-refractivity contribution >= 4 is 0 Å². The van der Waals surface area contributed by atoms with E-state index in [1.807, 2.05) is 0 Å². The first-order valence-electron chi connectivity index (χ1n) is 6.30. The van der Waals surface area contributed by atoms with E-state index in [4.69, 9.17) is 10.6 Å². The van der Waals surface area contributed by atoms with Crippen molar-refractivity contribution in [2.45, 2.75) is 6.61 Å². The maximum Gasteiger partial charge on any atom is 0.131 e. The van der Waals surface area contributed by atoms with E-state index in [2.05, 4.69) is 5.48 Å². The molecular weight excluding hydrogens is 262 g/mol. The minimum Gasteiger partial charge on any atom is -0.329 e. The molecule has 0 aliphatic rings. The molecule has 20 heavy (non-hydrogen) atoms. The highest BCUT2D eigenvalue weighted by Crippen LogP contribution is 2.24. The van der Waals surface area contributed by atoms with Gasteiger partial charge in [0, 0.05) is 24.2 Å². The van der Waals surface area contributed by atoms with E-state index in [0.717, 1.165) is 0 Å². The van der Waals surface area contributed by atoms with Gasteiger partial charge in [-0.3, -0.25) is 4.84 Å². The summed E-state index contributed by atoms with van der Waals surface area (Å²) in [6.07, 6.45) is 0. The van der Waals surface area contributed by atoms with Crippen LogP contribution < -0.4 is 11.2 Å². The Labute approximate surface area is 116 Å². The van der Waals surface area contributed by atoms with Crippen molar-refractivity contribution in [1.29, 1.82) is 0 Å². The lowest BCUT2D eigenvalue weighted by Crippen LogP contribution is -2.22. The normalized spacial score (nSPS) is 10.8. The third-order valence-electron chi connectivity index (χ3n) is 2.81. The first-order valence-corrected chi connectivity index (χ1v) is 6.30. The Kier molecular flexibility index (Phi) is 5.17. The van der Waals surface area contributed by atoms with Gasteiger partial charge in [0.15, 0.2) is 0 Å². The average molecular weight is 278 g/mol. The fraction of sp³-hybridized carbons (Fsp3) is 0.200. The molecule has 0 amide bonds. The number of rotatable bonds is 6. The van der Waals surface area contributed by atoms with Crippen molar-refractivity contribution in [3.8, 4) is 11.1 Å². The average Bonchev–Trinajstić information content (AvgIpc) is 2.46. The molecule has 0 aromatic heterocycles. The Balaban J connectivity index is 2.18. The number of benzene rings is 2. The second kappa shape index (κ2) is 7.09. The second-order valence-corrected chi connectivity index (χ2v) is 4.26. The molecule has 0 unspecified atom stereocenters. The SMILES string of the molecule is NCCNOCc1cc(-c2ccccc2F)ccc1F. The zero-order chi connectivity index (χ0) is 14.4. The van der Waals surface area contributed by atoms with Gasteiger partial charge in [-0.25, -0.2) is 14.3 Å². The van der Waals surface area contributed by atoms with E-state index in [1.165, 1.54) is 12.1 Å². The van der Waals surface area contributed by atoms with Crippen molar-refractivity contribution in [1.82, 2.24) is 5.48 Å². The number of halogens is 2. The van der Waals surface area contributed by atoms with Gasteiger partial charge in [-0.15, -0.1) is 0 Å². The molecule has 0 saturated heterocycles. The molecule has 2 aromatic carbocycles. The standard InChI is InChI=1S/C15H16F2N2O/c16-14-6-5-11(13-3-1-2-4-15(13)17)9-12(14)10-20-19-8-7-18/h1-6,9,19H,7-8,10,18H2. The lowest BCUT2D eigenvalue weighted by Gasteiger charge is -2.09. The molecule has 0 aliphatic heterocycles. The van der Waals surface area contributed by atoms with Crippen LogP contribution in [0, 0.1) is 11.6 Å². The maximum atomic E-state index is 13.7. The topological polar surface area (TPSA) is 47.3 Å². The summed E-state index contributed by atoms with van der Waals surface area (Å²) in [7, 11) is 0. The fourth-order valence-electron chi connectivity index (χ4n) is 1.81. The predicted octanol–water partition coefficient (Wildman–Crippen LogP) is 2.61. The molecule has 106 valence electrons. The van der Waals surface area contributed by atoms with Crippen LogP contribution >= 0.6 is 0 Å². The number of hydrogen-bond donors (Lipinski definition) is 2. The summed E-state index contributed by atoms with van der Waals surface area (Å²) < 4.78 is 27.4. The van der Waals surface area contributed by atoms with Gasteiger partial charge < -0.3 is 5.73 Å². The predicted molar refractivity (Wildman–Crippen MR) is 73.6 cm³/mol. The van der Waals surface area contributed by atoms with Crippen molar-refractivity contribution < 1.29 is 13.6 Å². The summed E-state index contributed by atoms with van der Waals surface area (Å²) in [4.78, 5) is 5.10. The molecule has 2 rings (SSSR count). The molecule has 0 spiro atoms. The van der Waals surface area contributed by atoms with Gasteiger partial charge in [0.05, 0.1) is 6.61 Å². The number of hydroxylamine groups is 1. The van der Waals surface area contributed by atoms with Crippen LogP contribution in [0.25, 0.3) is 11.1 Å². The van der Waals surface area contributed by atoms with E-state index in [9.17, 15) is 8.78 Å². The molecule has 3 N–H and O–H groups in total. The molecule has 0 heterocycles. The second-order valence-electron chi connectivity index (χ2n) is 4.26. The van der Waals surface area contributed by atoms with Crippen LogP contribution in [0.3, 0.4) is 0 Å². The molecule has 0 saturated carbocycles. The maximum absolute atomic E-state index is 13.7. The van der Waals surface area contributed by atoms with Crippen LogP contribution in [-0.2, 0) is 11.4 Å². The molecule has 0 bridgehead atoms. The summed E-state index contributed by atoms with van der Waals surface area (Å²) in [5.74, 6) is -0.730. The van der Waals surface area contributed by atoms with Crippen LogP contribution in [-0.4, -0.2) is 13.1 Å². The lowest BCUT2D eigenvalue weighted by atomic mass is 10.0. The molecule has 0 aliphatic carbocycles. The minimum atomic E-state index is -0.389. The Morgan fingerprint density at radius 2 is 1.85 bits per heavy atom. The smallest absolute Gasteiger partial charge is 0.131 e. The summed E-state index contributed by atoms with van der Waals surface area (Å²) in [5.41, 5.74) is 9.32. The Morgan fingerprint density at radius 1 is 1.05 bits per heavy atom. The van der Waals surface area contributed by atoms with E-state index < -0.39 is 0 Å². The highest BCUT2D eigenvalue weighted by Gasteiger charge is 2.08. The zero-order valence-corrected chi connectivity index (χ0v) is 10.9. The van der Waals surface area contributed by atoms with E-state index >= 15 is 0 Å². The van der Waals surface area contributed by atoms with Gasteiger partial charge in [0.1, 0.15) is 11.6 Å². The first-order chi connectivity index (χ1) is 9.72. The van der Waals surface area contributed by atoms with Gasteiger partial charge in [-0.1, -0.05) is 24.3 Å². The van der Waals surface area contributed by atoms with Crippen LogP contribution in [0.1, 0.15) is 5.56 Å². The first kappa shape index (κ1) is 14.6. The summed E-state index contributed by atoms with van der Waals surface area (Å²) in [5, 5.41) is 0. The highest BCUT2D eigenvalue weighted by atomic mass is 19.1. The van der Waals surface area contributed by atoms with E-state index in [-0.39, 0.29) is 18.2 Å². The lowest BCUT2D eigenvalue weighted by molar-refractivity contribution is 0.0285. The molecule has 5 heteroatoms. The molecular formula is C15H16F2N2O. The van der Waals surface area contributed by atoms with Gasteiger partial charge in [0.2, 0.25) is 0 Å². The molecule has 2 aromatic rings. The van der Waals surface area contributed by atoms with Crippen LogP contribution in [0.2, 0.25) is 0 Å².